The second-order valence-corrected chi connectivity index (χ2v) is 11.2. The van der Waals surface area contributed by atoms with E-state index in [1.165, 1.54) is 19.5 Å². The van der Waals surface area contributed by atoms with Crippen LogP contribution in [0.4, 0.5) is 0 Å². The van der Waals surface area contributed by atoms with Crippen molar-refractivity contribution >= 4 is 21.8 Å². The SMILES string of the molecule is COc1cncc2c1C1(O)C(O)C(C(=O)N(C)Cc3ccnn3C)C(c3ccccc3)C1(c1ccc(Br)cc1)O2. The number of aliphatic hydroxyl groups excluding tert-OH is 1. The zero-order chi connectivity index (χ0) is 28.2. The lowest BCUT2D eigenvalue weighted by Gasteiger charge is -2.41. The largest absolute Gasteiger partial charge is 0.495 e. The average Bonchev–Trinajstić information content (AvgIpc) is 3.55. The van der Waals surface area contributed by atoms with Crippen LogP contribution in [0.5, 0.6) is 11.5 Å². The molecule has 10 heteroatoms. The monoisotopic (exact) mass is 604 g/mol. The topological polar surface area (TPSA) is 110 Å². The third-order valence-corrected chi connectivity index (χ3v) is 8.82. The molecule has 4 aromatic rings. The number of methoxy groups -OCH3 is 1. The number of nitrogens with zero attached hydrogens (tertiary/aromatic N) is 4. The molecule has 0 saturated heterocycles. The van der Waals surface area contributed by atoms with E-state index in [9.17, 15) is 15.0 Å². The fourth-order valence-corrected chi connectivity index (χ4v) is 6.76. The van der Waals surface area contributed by atoms with Crippen molar-refractivity contribution in [2.45, 2.75) is 29.8 Å². The van der Waals surface area contributed by atoms with Gasteiger partial charge in [0.25, 0.3) is 0 Å². The fraction of sp³-hybridized carbons (Fsp3) is 0.300. The summed E-state index contributed by atoms with van der Waals surface area (Å²) >= 11 is 3.50. The van der Waals surface area contributed by atoms with Gasteiger partial charge in [-0.3, -0.25) is 14.5 Å². The molecular weight excluding hydrogens is 576 g/mol. The third-order valence-electron chi connectivity index (χ3n) is 8.29. The standard InChI is InChI=1S/C30H29BrN4O5/c1-34(17-21-13-14-33-35(21)2)28(37)24-25(18-7-5-4-6-8-18)30(19-9-11-20(31)12-10-19)29(38,27(24)36)26-22(39-3)15-32-16-23(26)40-30/h4-16,24-25,27,36,38H,17H2,1-3H3. The Labute approximate surface area is 240 Å². The van der Waals surface area contributed by atoms with E-state index in [1.54, 1.807) is 22.8 Å². The lowest BCUT2D eigenvalue weighted by molar-refractivity contribution is -0.156. The molecule has 1 saturated carbocycles. The molecule has 40 heavy (non-hydrogen) atoms. The van der Waals surface area contributed by atoms with Gasteiger partial charge in [-0.05, 0) is 29.3 Å². The summed E-state index contributed by atoms with van der Waals surface area (Å²) < 4.78 is 14.9. The van der Waals surface area contributed by atoms with E-state index in [4.69, 9.17) is 9.47 Å². The van der Waals surface area contributed by atoms with Crippen LogP contribution in [0.15, 0.2) is 83.7 Å². The van der Waals surface area contributed by atoms with Crippen molar-refractivity contribution in [2.75, 3.05) is 14.2 Å². The van der Waals surface area contributed by atoms with Crippen LogP contribution in [-0.2, 0) is 29.6 Å². The highest BCUT2D eigenvalue weighted by Crippen LogP contribution is 2.69. The number of fused-ring (bicyclic) bond motifs is 3. The average molecular weight is 605 g/mol. The van der Waals surface area contributed by atoms with E-state index in [0.29, 0.717) is 11.3 Å². The Balaban J connectivity index is 1.60. The molecule has 0 bridgehead atoms. The molecule has 2 aliphatic rings. The second-order valence-electron chi connectivity index (χ2n) is 10.3. The highest BCUT2D eigenvalue weighted by atomic mass is 79.9. The lowest BCUT2D eigenvalue weighted by atomic mass is 9.70. The summed E-state index contributed by atoms with van der Waals surface area (Å²) in [6.45, 7) is 0.272. The van der Waals surface area contributed by atoms with Crippen LogP contribution in [0.2, 0.25) is 0 Å². The number of carbonyl (C=O) groups excluding carboxylic acids is 1. The van der Waals surface area contributed by atoms with Gasteiger partial charge in [0.1, 0.15) is 17.6 Å². The molecule has 2 aromatic carbocycles. The number of hydrogen-bond donors (Lipinski definition) is 2. The number of aromatic nitrogens is 3. The normalized spacial score (nSPS) is 26.6. The molecule has 0 radical (unpaired) electrons. The number of pyridine rings is 1. The maximum absolute atomic E-state index is 14.4. The molecule has 206 valence electrons. The maximum Gasteiger partial charge on any atom is 0.229 e. The van der Waals surface area contributed by atoms with Crippen molar-refractivity contribution in [2.24, 2.45) is 13.0 Å². The number of halogens is 1. The summed E-state index contributed by atoms with van der Waals surface area (Å²) in [6.07, 6.45) is 3.10. The number of aliphatic hydroxyl groups is 2. The van der Waals surface area contributed by atoms with E-state index in [1.807, 2.05) is 67.7 Å². The molecule has 0 spiro atoms. The lowest BCUT2D eigenvalue weighted by Crippen LogP contribution is -2.52. The molecular formula is C30H29BrN4O5. The van der Waals surface area contributed by atoms with Gasteiger partial charge < -0.3 is 24.6 Å². The van der Waals surface area contributed by atoms with Crippen LogP contribution in [-0.4, -0.2) is 56.0 Å². The number of amides is 1. The highest BCUT2D eigenvalue weighted by molar-refractivity contribution is 9.10. The van der Waals surface area contributed by atoms with Gasteiger partial charge in [0.15, 0.2) is 11.2 Å². The number of hydrogen-bond acceptors (Lipinski definition) is 7. The van der Waals surface area contributed by atoms with E-state index >= 15 is 0 Å². The minimum atomic E-state index is -2.06. The third kappa shape index (κ3) is 3.63. The van der Waals surface area contributed by atoms with Crippen LogP contribution in [0, 0.1) is 5.92 Å². The van der Waals surface area contributed by atoms with Crippen molar-refractivity contribution in [3.8, 4) is 11.5 Å². The van der Waals surface area contributed by atoms with Crippen LogP contribution in [0.1, 0.15) is 28.3 Å². The molecule has 1 aliphatic carbocycles. The Morgan fingerprint density at radius 3 is 2.52 bits per heavy atom. The van der Waals surface area contributed by atoms with Gasteiger partial charge in [0, 0.05) is 30.7 Å². The van der Waals surface area contributed by atoms with Crippen LogP contribution in [0.3, 0.4) is 0 Å². The summed E-state index contributed by atoms with van der Waals surface area (Å²) in [4.78, 5) is 20.2. The second kappa shape index (κ2) is 9.72. The quantitative estimate of drug-likeness (QED) is 0.347. The summed E-state index contributed by atoms with van der Waals surface area (Å²) in [5, 5.41) is 29.3. The number of ether oxygens (including phenoxy) is 2. The Kier molecular flexibility index (Phi) is 6.44. The van der Waals surface area contributed by atoms with Gasteiger partial charge in [0.05, 0.1) is 43.2 Å². The predicted octanol–water partition coefficient (Wildman–Crippen LogP) is 3.49. The first-order chi connectivity index (χ1) is 19.2. The number of benzene rings is 2. The number of carbonyl (C=O) groups is 1. The van der Waals surface area contributed by atoms with Crippen LogP contribution in [0.25, 0.3) is 0 Å². The molecule has 5 atom stereocenters. The molecule has 2 N–H and O–H groups in total. The van der Waals surface area contributed by atoms with E-state index in [-0.39, 0.29) is 23.8 Å². The smallest absolute Gasteiger partial charge is 0.229 e. The minimum absolute atomic E-state index is 0.265. The first-order valence-electron chi connectivity index (χ1n) is 12.9. The Morgan fingerprint density at radius 1 is 1.15 bits per heavy atom. The Morgan fingerprint density at radius 2 is 1.88 bits per heavy atom. The zero-order valence-electron chi connectivity index (χ0n) is 22.2. The van der Waals surface area contributed by atoms with Gasteiger partial charge in [-0.15, -0.1) is 0 Å². The van der Waals surface area contributed by atoms with Crippen molar-refractivity contribution in [1.82, 2.24) is 19.7 Å². The van der Waals surface area contributed by atoms with Gasteiger partial charge >= 0.3 is 0 Å². The Hall–Kier alpha value is -3.73. The molecule has 6 rings (SSSR count). The maximum atomic E-state index is 14.4. The van der Waals surface area contributed by atoms with Crippen molar-refractivity contribution < 1.29 is 24.5 Å². The van der Waals surface area contributed by atoms with Crippen LogP contribution < -0.4 is 9.47 Å². The van der Waals surface area contributed by atoms with E-state index < -0.39 is 29.1 Å². The van der Waals surface area contributed by atoms with E-state index in [2.05, 4.69) is 26.0 Å². The van der Waals surface area contributed by atoms with Gasteiger partial charge in [0.2, 0.25) is 5.91 Å². The highest BCUT2D eigenvalue weighted by Gasteiger charge is 2.78. The molecule has 1 fully saturated rings. The first-order valence-corrected chi connectivity index (χ1v) is 13.7. The van der Waals surface area contributed by atoms with Gasteiger partial charge in [-0.2, -0.15) is 5.10 Å². The summed E-state index contributed by atoms with van der Waals surface area (Å²) in [7, 11) is 4.97. The van der Waals surface area contributed by atoms with Crippen molar-refractivity contribution in [3.05, 3.63) is 106 Å². The summed E-state index contributed by atoms with van der Waals surface area (Å²) in [6, 6.07) is 18.7. The molecule has 1 amide bonds. The molecule has 9 nitrogen and oxygen atoms in total. The van der Waals surface area contributed by atoms with Gasteiger partial charge in [-0.25, -0.2) is 0 Å². The van der Waals surface area contributed by atoms with Crippen LogP contribution >= 0.6 is 15.9 Å². The summed E-state index contributed by atoms with van der Waals surface area (Å²) in [5.41, 5.74) is -1.19. The summed E-state index contributed by atoms with van der Waals surface area (Å²) in [5.74, 6) is -1.63. The molecule has 3 heterocycles. The minimum Gasteiger partial charge on any atom is -0.495 e. The molecule has 2 aromatic heterocycles. The van der Waals surface area contributed by atoms with Gasteiger partial charge in [-0.1, -0.05) is 58.4 Å². The zero-order valence-corrected chi connectivity index (χ0v) is 23.8. The predicted molar refractivity (Wildman–Crippen MR) is 149 cm³/mol. The fourth-order valence-electron chi connectivity index (χ4n) is 6.50. The van der Waals surface area contributed by atoms with E-state index in [0.717, 1.165) is 15.7 Å². The first kappa shape index (κ1) is 26.5. The van der Waals surface area contributed by atoms with Crippen molar-refractivity contribution in [3.63, 3.8) is 0 Å². The number of aryl methyl sites for hydroxylation is 1. The van der Waals surface area contributed by atoms with Crippen molar-refractivity contribution in [1.29, 1.82) is 0 Å². The molecule has 5 unspecified atom stereocenters. The number of rotatable bonds is 6. The Bertz CT molecular complexity index is 1560. The molecule has 1 aliphatic heterocycles.